The Bertz CT molecular complexity index is 1620. The quantitative estimate of drug-likeness (QED) is 0.211. The van der Waals surface area contributed by atoms with Gasteiger partial charge in [0.15, 0.2) is 0 Å². The predicted molar refractivity (Wildman–Crippen MR) is 163 cm³/mol. The topological polar surface area (TPSA) is 37.7 Å². The minimum absolute atomic E-state index is 0.112. The van der Waals surface area contributed by atoms with Gasteiger partial charge in [-0.15, -0.1) is 0 Å². The predicted octanol–water partition coefficient (Wildman–Crippen LogP) is 7.49. The molecule has 5 nitrogen and oxygen atoms in total. The van der Waals surface area contributed by atoms with Crippen LogP contribution in [0.3, 0.4) is 0 Å². The Morgan fingerprint density at radius 1 is 0.825 bits per heavy atom. The van der Waals surface area contributed by atoms with Crippen molar-refractivity contribution in [1.29, 1.82) is 0 Å². The number of rotatable bonds is 7. The van der Waals surface area contributed by atoms with Crippen LogP contribution in [0.15, 0.2) is 109 Å². The maximum atomic E-state index is 13.8. The molecule has 1 aliphatic rings. The van der Waals surface area contributed by atoms with Crippen LogP contribution in [0, 0.1) is 0 Å². The summed E-state index contributed by atoms with van der Waals surface area (Å²) in [4.78, 5) is 18.1. The molecule has 6 rings (SSSR count). The summed E-state index contributed by atoms with van der Waals surface area (Å²) < 4.78 is 8.31. The molecule has 1 amide bonds. The molecule has 0 spiro atoms. The Hall–Kier alpha value is -4.22. The Balaban J connectivity index is 1.27. The van der Waals surface area contributed by atoms with Crippen LogP contribution in [0.5, 0.6) is 11.5 Å². The lowest BCUT2D eigenvalue weighted by atomic mass is 9.87. The third-order valence-electron chi connectivity index (χ3n) is 7.75. The number of fused-ring (bicyclic) bond motifs is 1. The number of ether oxygens (including phenoxy) is 1. The smallest absolute Gasteiger partial charge is 0.223 e. The molecular weight excluding hydrogens is 518 g/mol. The Morgan fingerprint density at radius 2 is 1.52 bits per heavy atom. The molecule has 1 aromatic heterocycles. The number of benzene rings is 4. The summed E-state index contributed by atoms with van der Waals surface area (Å²) in [6, 6.07) is 34.2. The van der Waals surface area contributed by atoms with E-state index in [9.17, 15) is 4.79 Å². The SMILES string of the molecule is Cn1cc(C(CC(=O)N2CCN(c3ccccc3Cl)CC2)c2cccc(Oc3ccccc3)c2)c2ccccc21. The molecule has 0 N–H and O–H groups in total. The van der Waals surface area contributed by atoms with Gasteiger partial charge in [0, 0.05) is 62.7 Å². The van der Waals surface area contributed by atoms with E-state index in [0.717, 1.165) is 51.9 Å². The molecule has 202 valence electrons. The maximum absolute atomic E-state index is 13.8. The standard InChI is InChI=1S/C34H32ClN3O2/c1-36-24-30(28-14-5-7-16-32(28)36)29(25-10-9-13-27(22-25)40-26-11-3-2-4-12-26)23-34(39)38-20-18-37(19-21-38)33-17-8-6-15-31(33)35/h2-17,22,24,29H,18-21,23H2,1H3. The summed E-state index contributed by atoms with van der Waals surface area (Å²) >= 11 is 6.44. The highest BCUT2D eigenvalue weighted by Gasteiger charge is 2.28. The van der Waals surface area contributed by atoms with E-state index in [-0.39, 0.29) is 11.8 Å². The minimum Gasteiger partial charge on any atom is -0.457 e. The van der Waals surface area contributed by atoms with Crippen LogP contribution in [0.2, 0.25) is 5.02 Å². The molecule has 1 atom stereocenters. The number of aryl methyl sites for hydroxylation is 1. The highest BCUT2D eigenvalue weighted by atomic mass is 35.5. The third kappa shape index (κ3) is 5.43. The first-order chi connectivity index (χ1) is 19.6. The van der Waals surface area contributed by atoms with E-state index in [1.807, 2.05) is 71.6 Å². The lowest BCUT2D eigenvalue weighted by molar-refractivity contribution is -0.131. The van der Waals surface area contributed by atoms with Gasteiger partial charge >= 0.3 is 0 Å². The number of hydrogen-bond donors (Lipinski definition) is 0. The summed E-state index contributed by atoms with van der Waals surface area (Å²) in [5.41, 5.74) is 4.39. The van der Waals surface area contributed by atoms with Crippen LogP contribution in [0.1, 0.15) is 23.5 Å². The van der Waals surface area contributed by atoms with Gasteiger partial charge in [-0.05, 0) is 53.6 Å². The average Bonchev–Trinajstić information content (AvgIpc) is 3.33. The lowest BCUT2D eigenvalue weighted by Gasteiger charge is -2.37. The molecule has 0 aliphatic carbocycles. The van der Waals surface area contributed by atoms with Gasteiger partial charge in [-0.25, -0.2) is 0 Å². The number of amides is 1. The second-order valence-corrected chi connectivity index (χ2v) is 10.7. The van der Waals surface area contributed by atoms with Gasteiger partial charge in [0.1, 0.15) is 11.5 Å². The normalized spacial score (nSPS) is 14.3. The van der Waals surface area contributed by atoms with Crippen molar-refractivity contribution in [3.05, 3.63) is 125 Å². The van der Waals surface area contributed by atoms with Crippen molar-refractivity contribution in [1.82, 2.24) is 9.47 Å². The number of hydrogen-bond acceptors (Lipinski definition) is 3. The molecule has 1 aliphatic heterocycles. The number of nitrogens with zero attached hydrogens (tertiary/aromatic N) is 3. The van der Waals surface area contributed by atoms with Crippen molar-refractivity contribution in [2.45, 2.75) is 12.3 Å². The van der Waals surface area contributed by atoms with Gasteiger partial charge < -0.3 is 19.1 Å². The van der Waals surface area contributed by atoms with E-state index in [2.05, 4.69) is 59.1 Å². The van der Waals surface area contributed by atoms with E-state index in [1.54, 1.807) is 0 Å². The molecule has 6 heteroatoms. The van der Waals surface area contributed by atoms with E-state index in [1.165, 1.54) is 5.39 Å². The maximum Gasteiger partial charge on any atom is 0.223 e. The minimum atomic E-state index is -0.112. The Labute approximate surface area is 240 Å². The van der Waals surface area contributed by atoms with Gasteiger partial charge in [-0.1, -0.05) is 72.3 Å². The van der Waals surface area contributed by atoms with Crippen LogP contribution in [0.4, 0.5) is 5.69 Å². The average molecular weight is 550 g/mol. The van der Waals surface area contributed by atoms with Crippen LogP contribution < -0.4 is 9.64 Å². The fourth-order valence-corrected chi connectivity index (χ4v) is 5.94. The first-order valence-corrected chi connectivity index (χ1v) is 14.1. The first kappa shape index (κ1) is 26.0. The third-order valence-corrected chi connectivity index (χ3v) is 8.07. The van der Waals surface area contributed by atoms with Crippen molar-refractivity contribution in [2.24, 2.45) is 7.05 Å². The van der Waals surface area contributed by atoms with E-state index < -0.39 is 0 Å². The summed E-state index contributed by atoms with van der Waals surface area (Å²) in [6.07, 6.45) is 2.55. The number of halogens is 1. The number of para-hydroxylation sites is 3. The summed E-state index contributed by atoms with van der Waals surface area (Å²) in [7, 11) is 2.06. The van der Waals surface area contributed by atoms with Crippen LogP contribution in [-0.4, -0.2) is 41.6 Å². The second-order valence-electron chi connectivity index (χ2n) is 10.3. The fraction of sp³-hybridized carbons (Fsp3) is 0.206. The zero-order valence-corrected chi connectivity index (χ0v) is 23.3. The van der Waals surface area contributed by atoms with Gasteiger partial charge in [0.05, 0.1) is 10.7 Å². The van der Waals surface area contributed by atoms with Crippen molar-refractivity contribution >= 4 is 34.1 Å². The molecule has 1 fully saturated rings. The molecular formula is C34H32ClN3O2. The molecule has 5 aromatic rings. The second kappa shape index (κ2) is 11.5. The van der Waals surface area contributed by atoms with Crippen molar-refractivity contribution in [3.63, 3.8) is 0 Å². The number of anilines is 1. The molecule has 0 radical (unpaired) electrons. The fourth-order valence-electron chi connectivity index (χ4n) is 5.69. The van der Waals surface area contributed by atoms with E-state index in [0.29, 0.717) is 19.5 Å². The number of aromatic nitrogens is 1. The van der Waals surface area contributed by atoms with Gasteiger partial charge in [-0.2, -0.15) is 0 Å². The van der Waals surface area contributed by atoms with Crippen molar-refractivity contribution in [2.75, 3.05) is 31.1 Å². The summed E-state index contributed by atoms with van der Waals surface area (Å²) in [5.74, 6) is 1.59. The van der Waals surface area contributed by atoms with Gasteiger partial charge in [0.25, 0.3) is 0 Å². The Morgan fingerprint density at radius 3 is 2.33 bits per heavy atom. The number of carbonyl (C=O) groups is 1. The van der Waals surface area contributed by atoms with Crippen molar-refractivity contribution < 1.29 is 9.53 Å². The molecule has 2 heterocycles. The van der Waals surface area contributed by atoms with Crippen LogP contribution >= 0.6 is 11.6 Å². The first-order valence-electron chi connectivity index (χ1n) is 13.7. The highest BCUT2D eigenvalue weighted by molar-refractivity contribution is 6.33. The van der Waals surface area contributed by atoms with Gasteiger partial charge in [0.2, 0.25) is 5.91 Å². The lowest BCUT2D eigenvalue weighted by Crippen LogP contribution is -2.49. The largest absolute Gasteiger partial charge is 0.457 e. The molecule has 0 saturated carbocycles. The number of piperazine rings is 1. The van der Waals surface area contributed by atoms with E-state index >= 15 is 0 Å². The van der Waals surface area contributed by atoms with Crippen molar-refractivity contribution in [3.8, 4) is 11.5 Å². The zero-order chi connectivity index (χ0) is 27.5. The molecule has 1 unspecified atom stereocenters. The molecule has 4 aromatic carbocycles. The highest BCUT2D eigenvalue weighted by Crippen LogP contribution is 2.37. The monoisotopic (exact) mass is 549 g/mol. The molecule has 1 saturated heterocycles. The summed E-state index contributed by atoms with van der Waals surface area (Å²) in [6.45, 7) is 2.86. The summed E-state index contributed by atoms with van der Waals surface area (Å²) in [5, 5.41) is 1.91. The zero-order valence-electron chi connectivity index (χ0n) is 22.5. The van der Waals surface area contributed by atoms with E-state index in [4.69, 9.17) is 16.3 Å². The molecule has 0 bridgehead atoms. The van der Waals surface area contributed by atoms with Crippen LogP contribution in [0.25, 0.3) is 10.9 Å². The number of carbonyl (C=O) groups excluding carboxylic acids is 1. The molecule has 40 heavy (non-hydrogen) atoms. The Kier molecular flexibility index (Phi) is 7.47. The van der Waals surface area contributed by atoms with Gasteiger partial charge in [-0.3, -0.25) is 4.79 Å². The van der Waals surface area contributed by atoms with Crippen LogP contribution in [-0.2, 0) is 11.8 Å².